The highest BCUT2D eigenvalue weighted by atomic mass is 16.8. The van der Waals surface area contributed by atoms with Crippen LogP contribution in [0.5, 0.6) is 0 Å². The van der Waals surface area contributed by atoms with Crippen LogP contribution in [0.4, 0.5) is 0 Å². The maximum absolute atomic E-state index is 10.00. The van der Waals surface area contributed by atoms with Crippen molar-refractivity contribution in [3.63, 3.8) is 0 Å². The Balaban J connectivity index is 0.000000434. The number of hydrogen-bond acceptors (Lipinski definition) is 17. The lowest BCUT2D eigenvalue weighted by Gasteiger charge is -2.43. The summed E-state index contributed by atoms with van der Waals surface area (Å²) in [6.07, 6.45) is -19.5. The summed E-state index contributed by atoms with van der Waals surface area (Å²) >= 11 is 0. The molecule has 0 bridgehead atoms. The van der Waals surface area contributed by atoms with Gasteiger partial charge in [0, 0.05) is 0 Å². The van der Waals surface area contributed by atoms with Crippen LogP contribution in [0.2, 0.25) is 0 Å². The van der Waals surface area contributed by atoms with Crippen LogP contribution in [0.1, 0.15) is 0 Å². The van der Waals surface area contributed by atoms with Gasteiger partial charge in [-0.3, -0.25) is 0 Å². The van der Waals surface area contributed by atoms with Gasteiger partial charge in [0.2, 0.25) is 5.79 Å². The van der Waals surface area contributed by atoms with E-state index in [0.29, 0.717) is 0 Å². The molecule has 2 fully saturated rings. The lowest BCUT2D eigenvalue weighted by molar-refractivity contribution is -0.383. The molecule has 2 aliphatic rings. The number of rotatable bonds is 10. The highest BCUT2D eigenvalue weighted by Crippen LogP contribution is 2.35. The van der Waals surface area contributed by atoms with Gasteiger partial charge in [-0.15, -0.1) is 0 Å². The normalized spacial score (nSPS) is 40.8. The quantitative estimate of drug-likeness (QED) is 0.118. The largest absolute Gasteiger partial charge is 0.394 e. The van der Waals surface area contributed by atoms with Gasteiger partial charge >= 0.3 is 0 Å². The third-order valence-electron chi connectivity index (χ3n) is 5.49. The van der Waals surface area contributed by atoms with Crippen molar-refractivity contribution in [1.82, 2.24) is 0 Å². The van der Waals surface area contributed by atoms with Crippen LogP contribution in [-0.4, -0.2) is 178 Å². The lowest BCUT2D eigenvalue weighted by atomic mass is 9.99. The summed E-state index contributed by atoms with van der Waals surface area (Å²) < 4.78 is 15.4. The summed E-state index contributed by atoms with van der Waals surface area (Å²) in [6.45, 7) is -3.08. The fraction of sp³-hybridized carbons (Fsp3) is 0.944. The fourth-order valence-corrected chi connectivity index (χ4v) is 3.25. The predicted molar refractivity (Wildman–Crippen MR) is 106 cm³/mol. The van der Waals surface area contributed by atoms with Crippen LogP contribution in [0.3, 0.4) is 0 Å². The first-order valence-corrected chi connectivity index (χ1v) is 10.4. The van der Waals surface area contributed by atoms with Crippen LogP contribution in [0.25, 0.3) is 0 Å². The Hall–Kier alpha value is -0.970. The van der Waals surface area contributed by atoms with Gasteiger partial charge in [-0.05, 0) is 0 Å². The summed E-state index contributed by atoms with van der Waals surface area (Å²) in [5, 5.41) is 120. The molecule has 0 aromatic rings. The minimum absolute atomic E-state index is 0.0258. The first-order chi connectivity index (χ1) is 16.3. The van der Waals surface area contributed by atoms with Crippen molar-refractivity contribution >= 4 is 6.29 Å². The SMILES string of the molecule is O=C[C@H](O)[C@@H](O)[C@H](O)[C@H](O)CO.OC[C@H]1O[C@@](CO)(O[C@H]2O[C@H](CO)[C@@H](O)[C@H](O)[C@H]2O)[C@@H](O)[C@@H]1O. The van der Waals surface area contributed by atoms with Crippen molar-refractivity contribution in [2.24, 2.45) is 0 Å². The Kier molecular flexibility index (Phi) is 12.9. The molecule has 13 N–H and O–H groups in total. The zero-order valence-electron chi connectivity index (χ0n) is 18.3. The molecule has 13 atom stereocenters. The van der Waals surface area contributed by atoms with Crippen LogP contribution in [-0.2, 0) is 19.0 Å². The topological polar surface area (TPSA) is 308 Å². The summed E-state index contributed by atoms with van der Waals surface area (Å²) in [4.78, 5) is 9.90. The average molecular weight is 522 g/mol. The van der Waals surface area contributed by atoms with Crippen LogP contribution in [0, 0.1) is 0 Å². The van der Waals surface area contributed by atoms with Gasteiger partial charge < -0.3 is 85.4 Å². The van der Waals surface area contributed by atoms with Crippen LogP contribution in [0.15, 0.2) is 0 Å². The Morgan fingerprint density at radius 2 is 1.37 bits per heavy atom. The molecule has 2 aliphatic heterocycles. The van der Waals surface area contributed by atoms with Crippen molar-refractivity contribution in [2.45, 2.75) is 79.2 Å². The number of carbonyl (C=O) groups excluding carboxylic acids is 1. The first-order valence-electron chi connectivity index (χ1n) is 10.4. The van der Waals surface area contributed by atoms with E-state index in [1.165, 1.54) is 0 Å². The molecule has 17 heteroatoms. The second-order valence-electron chi connectivity index (χ2n) is 7.92. The molecule has 208 valence electrons. The highest BCUT2D eigenvalue weighted by Gasteiger charge is 2.58. The second-order valence-corrected chi connectivity index (χ2v) is 7.92. The van der Waals surface area contributed by atoms with Crippen molar-refractivity contribution < 1.29 is 85.4 Å². The van der Waals surface area contributed by atoms with E-state index in [4.69, 9.17) is 50.0 Å². The number of carbonyl (C=O) groups is 1. The number of aldehydes is 1. The van der Waals surface area contributed by atoms with Gasteiger partial charge in [0.1, 0.15) is 73.8 Å². The minimum atomic E-state index is -2.22. The van der Waals surface area contributed by atoms with E-state index in [1.54, 1.807) is 0 Å². The molecule has 0 aromatic heterocycles. The van der Waals surface area contributed by atoms with E-state index in [-0.39, 0.29) is 6.29 Å². The molecule has 0 unspecified atom stereocenters. The zero-order valence-corrected chi connectivity index (χ0v) is 18.3. The number of hydrogen-bond donors (Lipinski definition) is 13. The zero-order chi connectivity index (χ0) is 27.1. The number of aliphatic hydroxyl groups is 13. The second kappa shape index (κ2) is 14.1. The van der Waals surface area contributed by atoms with Gasteiger partial charge in [-0.25, -0.2) is 0 Å². The predicted octanol–water partition coefficient (Wildman–Crippen LogP) is -8.77. The molecule has 17 nitrogen and oxygen atoms in total. The lowest BCUT2D eigenvalue weighted by Crippen LogP contribution is -2.62. The molecule has 0 radical (unpaired) electrons. The van der Waals surface area contributed by atoms with Crippen molar-refractivity contribution in [2.75, 3.05) is 26.4 Å². The van der Waals surface area contributed by atoms with E-state index in [1.807, 2.05) is 0 Å². The van der Waals surface area contributed by atoms with E-state index in [2.05, 4.69) is 0 Å². The Morgan fingerprint density at radius 1 is 0.800 bits per heavy atom. The van der Waals surface area contributed by atoms with E-state index >= 15 is 0 Å². The third-order valence-corrected chi connectivity index (χ3v) is 5.49. The van der Waals surface area contributed by atoms with E-state index in [0.717, 1.165) is 0 Å². The monoisotopic (exact) mass is 522 g/mol. The maximum atomic E-state index is 10.00. The Labute approximate surface area is 198 Å². The third kappa shape index (κ3) is 7.29. The molecule has 0 amide bonds. The van der Waals surface area contributed by atoms with Gasteiger partial charge in [-0.1, -0.05) is 0 Å². The molecular weight excluding hydrogens is 488 g/mol. The smallest absolute Gasteiger partial charge is 0.224 e. The molecule has 2 heterocycles. The highest BCUT2D eigenvalue weighted by molar-refractivity contribution is 5.56. The maximum Gasteiger partial charge on any atom is 0.224 e. The Bertz CT molecular complexity index is 624. The molecule has 35 heavy (non-hydrogen) atoms. The average Bonchev–Trinajstić information content (AvgIpc) is 3.12. The molecule has 0 spiro atoms. The van der Waals surface area contributed by atoms with Crippen molar-refractivity contribution in [3.05, 3.63) is 0 Å². The molecule has 0 aromatic carbocycles. The van der Waals surface area contributed by atoms with E-state index in [9.17, 15) is 35.4 Å². The number of aliphatic hydroxyl groups excluding tert-OH is 13. The van der Waals surface area contributed by atoms with Gasteiger partial charge in [0.05, 0.1) is 19.8 Å². The van der Waals surface area contributed by atoms with Gasteiger partial charge in [-0.2, -0.15) is 0 Å². The summed E-state index contributed by atoms with van der Waals surface area (Å²) in [7, 11) is 0. The fourth-order valence-electron chi connectivity index (χ4n) is 3.25. The van der Waals surface area contributed by atoms with Gasteiger partial charge in [0.15, 0.2) is 12.6 Å². The van der Waals surface area contributed by atoms with Crippen LogP contribution < -0.4 is 0 Å². The Morgan fingerprint density at radius 3 is 1.80 bits per heavy atom. The van der Waals surface area contributed by atoms with Gasteiger partial charge in [0.25, 0.3) is 0 Å². The molecule has 2 rings (SSSR count). The molecular formula is C18H34O17. The van der Waals surface area contributed by atoms with E-state index < -0.39 is 106 Å². The minimum Gasteiger partial charge on any atom is -0.394 e. The van der Waals surface area contributed by atoms with Crippen molar-refractivity contribution in [1.29, 1.82) is 0 Å². The van der Waals surface area contributed by atoms with Crippen LogP contribution >= 0.6 is 0 Å². The summed E-state index contributed by atoms with van der Waals surface area (Å²) in [5.41, 5.74) is 0. The standard InChI is InChI=1S/C12H22O11.C6H12O6/c13-1-4-6(16)8(18)9(19)11(21-4)23-12(3-15)10(20)7(17)5(2-14)22-12;7-1-3(9)5(11)6(12)4(10)2-8/h4-11,13-20H,1-3H2;1,3-6,8-12H,2H2/t4-,5-,6-,7-,8+,9-,10+,11-,12+;3-,4+,5+,6+/m10/s1. The number of ether oxygens (including phenoxy) is 3. The first kappa shape index (κ1) is 32.1. The summed E-state index contributed by atoms with van der Waals surface area (Å²) in [6, 6.07) is 0. The molecule has 0 aliphatic carbocycles. The van der Waals surface area contributed by atoms with Crippen molar-refractivity contribution in [3.8, 4) is 0 Å². The summed E-state index contributed by atoms with van der Waals surface area (Å²) in [5.74, 6) is -2.22. The molecule has 0 saturated carbocycles. The molecule has 2 saturated heterocycles.